The van der Waals surface area contributed by atoms with Gasteiger partial charge in [0.1, 0.15) is 13.2 Å². The summed E-state index contributed by atoms with van der Waals surface area (Å²) in [4.78, 5) is 38.3. The van der Waals surface area contributed by atoms with Crippen LogP contribution < -0.4 is 0 Å². The van der Waals surface area contributed by atoms with Crippen LogP contribution in [0.25, 0.3) is 0 Å². The van der Waals surface area contributed by atoms with Crippen molar-refractivity contribution in [1.82, 2.24) is 0 Å². The number of ether oxygens (including phenoxy) is 3. The quantitative estimate of drug-likeness (QED) is 0.0261. The zero-order valence-electron chi connectivity index (χ0n) is 48.7. The molecule has 0 amide bonds. The van der Waals surface area contributed by atoms with E-state index in [4.69, 9.17) is 14.2 Å². The Bertz CT molecular complexity index is 1310. The Kier molecular flexibility index (Phi) is 59.2. The van der Waals surface area contributed by atoms with Gasteiger partial charge in [-0.3, -0.25) is 14.4 Å². The van der Waals surface area contributed by atoms with Gasteiger partial charge in [0.25, 0.3) is 0 Å². The fraction of sp³-hybridized carbons (Fsp3) is 0.806. The fourth-order valence-corrected chi connectivity index (χ4v) is 9.30. The van der Waals surface area contributed by atoms with Gasteiger partial charge in [-0.15, -0.1) is 0 Å². The molecule has 0 radical (unpaired) electrons. The number of esters is 3. The minimum Gasteiger partial charge on any atom is -0.462 e. The fourth-order valence-electron chi connectivity index (χ4n) is 9.30. The van der Waals surface area contributed by atoms with Crippen molar-refractivity contribution < 1.29 is 28.6 Å². The second kappa shape index (κ2) is 61.7. The Labute approximate surface area is 453 Å². The summed E-state index contributed by atoms with van der Waals surface area (Å²) in [5, 5.41) is 0. The minimum atomic E-state index is -0.771. The predicted molar refractivity (Wildman–Crippen MR) is 316 cm³/mol. The van der Waals surface area contributed by atoms with E-state index < -0.39 is 6.10 Å². The summed E-state index contributed by atoms with van der Waals surface area (Å²) in [5.74, 6) is -0.852. The number of rotatable bonds is 58. The SMILES string of the molecule is CC/C=C\C/C=C\C/C=C\C/C=C\C/C=C\CCCCCCCCCCCCCC(=O)OCC(COC(=O)CCCCCCCCCCCCCCC)OC(=O)CCCCCCCCCCCCCCCCC. The molecule has 424 valence electrons. The Morgan fingerprint density at radius 1 is 0.288 bits per heavy atom. The lowest BCUT2D eigenvalue weighted by atomic mass is 10.0. The first kappa shape index (κ1) is 70.1. The monoisotopic (exact) mass is 1020 g/mol. The van der Waals surface area contributed by atoms with Crippen LogP contribution in [0.2, 0.25) is 0 Å². The van der Waals surface area contributed by atoms with Crippen LogP contribution in [0.4, 0.5) is 0 Å². The van der Waals surface area contributed by atoms with Gasteiger partial charge in [0.05, 0.1) is 0 Å². The van der Waals surface area contributed by atoms with E-state index in [0.717, 1.165) is 89.9 Å². The van der Waals surface area contributed by atoms with E-state index in [1.165, 1.54) is 199 Å². The smallest absolute Gasteiger partial charge is 0.306 e. The first-order valence-corrected chi connectivity index (χ1v) is 31.8. The molecule has 0 saturated heterocycles. The summed E-state index contributed by atoms with van der Waals surface area (Å²) >= 11 is 0. The first-order chi connectivity index (χ1) is 36.0. The minimum absolute atomic E-state index is 0.0692. The molecule has 0 aliphatic heterocycles. The average Bonchev–Trinajstić information content (AvgIpc) is 3.39. The van der Waals surface area contributed by atoms with Gasteiger partial charge in [-0.1, -0.05) is 306 Å². The summed E-state index contributed by atoms with van der Waals surface area (Å²) in [6, 6.07) is 0. The van der Waals surface area contributed by atoms with Gasteiger partial charge < -0.3 is 14.2 Å². The Balaban J connectivity index is 4.24. The van der Waals surface area contributed by atoms with Crippen LogP contribution in [0.1, 0.15) is 329 Å². The average molecular weight is 1020 g/mol. The van der Waals surface area contributed by atoms with Crippen molar-refractivity contribution in [3.8, 4) is 0 Å². The molecule has 0 aliphatic carbocycles. The van der Waals surface area contributed by atoms with Gasteiger partial charge in [0.2, 0.25) is 0 Å². The molecule has 73 heavy (non-hydrogen) atoms. The predicted octanol–water partition coefficient (Wildman–Crippen LogP) is 21.6. The molecule has 0 bridgehead atoms. The lowest BCUT2D eigenvalue weighted by molar-refractivity contribution is -0.167. The second-order valence-corrected chi connectivity index (χ2v) is 21.3. The summed E-state index contributed by atoms with van der Waals surface area (Å²) in [5.41, 5.74) is 0. The standard InChI is InChI=1S/C67H120O6/c1-4-7-10-13-16-19-22-25-27-28-29-30-31-32-33-34-35-36-37-38-40-42-45-48-51-54-57-60-66(69)72-63-64(62-71-65(68)59-56-53-50-47-44-41-24-21-18-15-12-9-6-3)73-67(70)61-58-55-52-49-46-43-39-26-23-20-17-14-11-8-5-2/h7,10,16,19,25,27,29-30,32-33,64H,4-6,8-9,11-15,17-18,20-24,26,28,31,34-63H2,1-3H3/b10-7-,19-16-,27-25-,30-29-,33-32-. The number of hydrogen-bond acceptors (Lipinski definition) is 6. The van der Waals surface area contributed by atoms with E-state index in [1.807, 2.05) is 0 Å². The van der Waals surface area contributed by atoms with Crippen molar-refractivity contribution in [1.29, 1.82) is 0 Å². The largest absolute Gasteiger partial charge is 0.462 e. The van der Waals surface area contributed by atoms with E-state index in [1.54, 1.807) is 0 Å². The Morgan fingerprint density at radius 3 is 0.836 bits per heavy atom. The highest BCUT2D eigenvalue weighted by atomic mass is 16.6. The number of carbonyl (C=O) groups excluding carboxylic acids is 3. The summed E-state index contributed by atoms with van der Waals surface area (Å²) in [7, 11) is 0. The molecule has 1 unspecified atom stereocenters. The summed E-state index contributed by atoms with van der Waals surface area (Å²) < 4.78 is 16.9. The highest BCUT2D eigenvalue weighted by Gasteiger charge is 2.19. The van der Waals surface area contributed by atoms with Crippen LogP contribution >= 0.6 is 0 Å². The molecular formula is C67H120O6. The molecule has 6 heteroatoms. The van der Waals surface area contributed by atoms with Crippen LogP contribution in [0.15, 0.2) is 60.8 Å². The van der Waals surface area contributed by atoms with Crippen molar-refractivity contribution in [2.75, 3.05) is 13.2 Å². The molecule has 0 aliphatic rings. The van der Waals surface area contributed by atoms with Gasteiger partial charge in [0, 0.05) is 19.3 Å². The Morgan fingerprint density at radius 2 is 0.534 bits per heavy atom. The zero-order valence-corrected chi connectivity index (χ0v) is 48.7. The molecule has 0 rings (SSSR count). The van der Waals surface area contributed by atoms with Crippen LogP contribution in [0.3, 0.4) is 0 Å². The van der Waals surface area contributed by atoms with Crippen LogP contribution in [0.5, 0.6) is 0 Å². The van der Waals surface area contributed by atoms with Crippen molar-refractivity contribution in [3.05, 3.63) is 60.8 Å². The van der Waals surface area contributed by atoms with Gasteiger partial charge in [-0.05, 0) is 64.2 Å². The van der Waals surface area contributed by atoms with Crippen LogP contribution in [-0.2, 0) is 28.6 Å². The number of allylic oxidation sites excluding steroid dienone is 10. The molecule has 0 saturated carbocycles. The van der Waals surface area contributed by atoms with E-state index in [0.29, 0.717) is 19.3 Å². The van der Waals surface area contributed by atoms with Crippen molar-refractivity contribution in [3.63, 3.8) is 0 Å². The second-order valence-electron chi connectivity index (χ2n) is 21.3. The maximum Gasteiger partial charge on any atom is 0.306 e. The topological polar surface area (TPSA) is 78.9 Å². The zero-order chi connectivity index (χ0) is 52.9. The van der Waals surface area contributed by atoms with Crippen molar-refractivity contribution in [2.24, 2.45) is 0 Å². The van der Waals surface area contributed by atoms with Crippen molar-refractivity contribution in [2.45, 2.75) is 335 Å². The maximum absolute atomic E-state index is 12.9. The maximum atomic E-state index is 12.9. The highest BCUT2D eigenvalue weighted by Crippen LogP contribution is 2.17. The number of unbranched alkanes of at least 4 members (excludes halogenated alkanes) is 37. The van der Waals surface area contributed by atoms with E-state index in [2.05, 4.69) is 81.5 Å². The molecular weight excluding hydrogens is 901 g/mol. The lowest BCUT2D eigenvalue weighted by Crippen LogP contribution is -2.30. The number of carbonyl (C=O) groups is 3. The van der Waals surface area contributed by atoms with Gasteiger partial charge in [-0.2, -0.15) is 0 Å². The Hall–Kier alpha value is -2.89. The molecule has 0 fully saturated rings. The van der Waals surface area contributed by atoms with E-state index in [-0.39, 0.29) is 31.1 Å². The molecule has 0 spiro atoms. The molecule has 6 nitrogen and oxygen atoms in total. The lowest BCUT2D eigenvalue weighted by Gasteiger charge is -2.18. The number of hydrogen-bond donors (Lipinski definition) is 0. The normalized spacial score (nSPS) is 12.4. The molecule has 0 aromatic carbocycles. The van der Waals surface area contributed by atoms with Crippen molar-refractivity contribution >= 4 is 17.9 Å². The van der Waals surface area contributed by atoms with E-state index in [9.17, 15) is 14.4 Å². The van der Waals surface area contributed by atoms with Crippen LogP contribution in [-0.4, -0.2) is 37.2 Å². The molecule has 0 aromatic heterocycles. The van der Waals surface area contributed by atoms with Gasteiger partial charge >= 0.3 is 17.9 Å². The summed E-state index contributed by atoms with van der Waals surface area (Å²) in [6.07, 6.45) is 77.9. The molecule has 0 heterocycles. The molecule has 1 atom stereocenters. The summed E-state index contributed by atoms with van der Waals surface area (Å²) in [6.45, 7) is 6.57. The third-order valence-electron chi connectivity index (χ3n) is 14.0. The van der Waals surface area contributed by atoms with E-state index >= 15 is 0 Å². The third kappa shape index (κ3) is 59.9. The van der Waals surface area contributed by atoms with Crippen LogP contribution in [0, 0.1) is 0 Å². The highest BCUT2D eigenvalue weighted by molar-refractivity contribution is 5.71. The van der Waals surface area contributed by atoms with Gasteiger partial charge in [-0.25, -0.2) is 0 Å². The third-order valence-corrected chi connectivity index (χ3v) is 14.0. The van der Waals surface area contributed by atoms with Gasteiger partial charge in [0.15, 0.2) is 6.10 Å². The molecule has 0 N–H and O–H groups in total. The first-order valence-electron chi connectivity index (χ1n) is 31.8. The molecule has 0 aromatic rings.